The molecule has 0 saturated heterocycles. The summed E-state index contributed by atoms with van der Waals surface area (Å²) in [6, 6.07) is 7.34. The molecule has 1 amide bonds. The molecule has 1 aromatic heterocycles. The van der Waals surface area contributed by atoms with Crippen LogP contribution < -0.4 is 5.73 Å². The van der Waals surface area contributed by atoms with Crippen LogP contribution in [0.15, 0.2) is 29.4 Å². The van der Waals surface area contributed by atoms with Crippen LogP contribution >= 0.6 is 11.8 Å². The molecular formula is C14H18N4OS. The summed E-state index contributed by atoms with van der Waals surface area (Å²) in [6.07, 6.45) is 0. The molecule has 0 fully saturated rings. The van der Waals surface area contributed by atoms with Gasteiger partial charge in [-0.1, -0.05) is 37.7 Å². The van der Waals surface area contributed by atoms with Crippen molar-refractivity contribution in [2.45, 2.75) is 30.7 Å². The van der Waals surface area contributed by atoms with Crippen LogP contribution in [0.25, 0.3) is 0 Å². The normalized spacial score (nSPS) is 11.0. The molecule has 5 nitrogen and oxygen atoms in total. The Kier molecular flexibility index (Phi) is 4.44. The molecule has 0 unspecified atom stereocenters. The van der Waals surface area contributed by atoms with E-state index in [2.05, 4.69) is 24.0 Å². The van der Waals surface area contributed by atoms with Gasteiger partial charge in [0.05, 0.1) is 0 Å². The minimum Gasteiger partial charge on any atom is -0.366 e. The lowest BCUT2D eigenvalue weighted by Gasteiger charge is -2.06. The predicted molar refractivity (Wildman–Crippen MR) is 79.6 cm³/mol. The van der Waals surface area contributed by atoms with Gasteiger partial charge >= 0.3 is 0 Å². The fourth-order valence-corrected chi connectivity index (χ4v) is 2.78. The van der Waals surface area contributed by atoms with Crippen molar-refractivity contribution >= 4 is 17.7 Å². The third kappa shape index (κ3) is 3.19. The molecule has 0 saturated carbocycles. The first-order valence-electron chi connectivity index (χ1n) is 6.40. The lowest BCUT2D eigenvalue weighted by molar-refractivity contribution is 0.1000. The Morgan fingerprint density at radius 1 is 1.40 bits per heavy atom. The van der Waals surface area contributed by atoms with Gasteiger partial charge in [0.1, 0.15) is 5.82 Å². The Morgan fingerprint density at radius 3 is 2.75 bits per heavy atom. The summed E-state index contributed by atoms with van der Waals surface area (Å²) in [4.78, 5) is 11.1. The van der Waals surface area contributed by atoms with Crippen LogP contribution in [0.3, 0.4) is 0 Å². The molecule has 1 aromatic carbocycles. The molecule has 1 heterocycles. The number of nitrogens with zero attached hydrogens (tertiary/aromatic N) is 3. The number of rotatable bonds is 5. The Hall–Kier alpha value is -1.82. The van der Waals surface area contributed by atoms with Gasteiger partial charge in [-0.25, -0.2) is 0 Å². The number of amides is 1. The molecule has 2 rings (SSSR count). The van der Waals surface area contributed by atoms with Gasteiger partial charge in [0.15, 0.2) is 5.16 Å². The monoisotopic (exact) mass is 290 g/mol. The maximum Gasteiger partial charge on any atom is 0.248 e. The molecule has 6 heteroatoms. The van der Waals surface area contributed by atoms with Gasteiger partial charge in [-0.15, -0.1) is 10.2 Å². The second-order valence-corrected chi connectivity index (χ2v) is 5.85. The SMILES string of the molecule is CC(C)c1nnc(SCc2cccc(C(N)=O)c2)n1C. The molecule has 2 aromatic rings. The maximum atomic E-state index is 11.1. The van der Waals surface area contributed by atoms with Crippen LogP contribution in [0, 0.1) is 0 Å². The van der Waals surface area contributed by atoms with Gasteiger partial charge in [-0.2, -0.15) is 0 Å². The second kappa shape index (κ2) is 6.09. The van der Waals surface area contributed by atoms with Crippen molar-refractivity contribution in [2.75, 3.05) is 0 Å². The molecular weight excluding hydrogens is 272 g/mol. The first kappa shape index (κ1) is 14.6. The van der Waals surface area contributed by atoms with Gasteiger partial charge in [-0.05, 0) is 17.7 Å². The third-order valence-electron chi connectivity index (χ3n) is 2.96. The summed E-state index contributed by atoms with van der Waals surface area (Å²) in [5, 5.41) is 9.26. The molecule has 0 aliphatic heterocycles. The van der Waals surface area contributed by atoms with Crippen LogP contribution in [0.1, 0.15) is 41.5 Å². The molecule has 0 radical (unpaired) electrons. The molecule has 0 aliphatic carbocycles. The Labute approximate surface area is 122 Å². The first-order valence-corrected chi connectivity index (χ1v) is 7.38. The summed E-state index contributed by atoms with van der Waals surface area (Å²) < 4.78 is 2.01. The Bertz CT molecular complexity index is 621. The second-order valence-electron chi connectivity index (χ2n) is 4.91. The smallest absolute Gasteiger partial charge is 0.248 e. The highest BCUT2D eigenvalue weighted by Crippen LogP contribution is 2.23. The molecule has 2 N–H and O–H groups in total. The number of primary amides is 1. The lowest BCUT2D eigenvalue weighted by atomic mass is 10.1. The van der Waals surface area contributed by atoms with Crippen LogP contribution in [0.2, 0.25) is 0 Å². The number of carbonyl (C=O) groups is 1. The standard InChI is InChI=1S/C14H18N4OS/c1-9(2)13-16-17-14(18(13)3)20-8-10-5-4-6-11(7-10)12(15)19/h4-7,9H,8H2,1-3H3,(H2,15,19). The van der Waals surface area contributed by atoms with Crippen molar-refractivity contribution in [3.8, 4) is 0 Å². The van der Waals surface area contributed by atoms with Gasteiger partial charge in [0, 0.05) is 24.3 Å². The molecule has 20 heavy (non-hydrogen) atoms. The summed E-state index contributed by atoms with van der Waals surface area (Å²) in [5.41, 5.74) is 6.85. The van der Waals surface area contributed by atoms with E-state index in [1.807, 2.05) is 29.8 Å². The summed E-state index contributed by atoms with van der Waals surface area (Å²) in [5.74, 6) is 1.64. The van der Waals surface area contributed by atoms with Gasteiger partial charge in [0.25, 0.3) is 0 Å². The number of carbonyl (C=O) groups excluding carboxylic acids is 1. The highest BCUT2D eigenvalue weighted by atomic mass is 32.2. The minimum absolute atomic E-state index is 0.347. The zero-order chi connectivity index (χ0) is 14.7. The average Bonchev–Trinajstić information content (AvgIpc) is 2.78. The van der Waals surface area contributed by atoms with Crippen LogP contribution in [0.4, 0.5) is 0 Å². The first-order chi connectivity index (χ1) is 9.49. The van der Waals surface area contributed by atoms with E-state index in [0.717, 1.165) is 22.3 Å². The predicted octanol–water partition coefficient (Wildman–Crippen LogP) is 2.33. The van der Waals surface area contributed by atoms with Crippen LogP contribution in [0.5, 0.6) is 0 Å². The molecule has 0 bridgehead atoms. The number of thioether (sulfide) groups is 1. The number of hydrogen-bond donors (Lipinski definition) is 1. The summed E-state index contributed by atoms with van der Waals surface area (Å²) in [7, 11) is 1.97. The molecule has 0 spiro atoms. The van der Waals surface area contributed by atoms with Crippen molar-refractivity contribution in [1.82, 2.24) is 14.8 Å². The van der Waals surface area contributed by atoms with Crippen molar-refractivity contribution in [2.24, 2.45) is 12.8 Å². The van der Waals surface area contributed by atoms with Crippen molar-refractivity contribution in [3.05, 3.63) is 41.2 Å². The topological polar surface area (TPSA) is 73.8 Å². The minimum atomic E-state index is -0.405. The zero-order valence-corrected chi connectivity index (χ0v) is 12.6. The Morgan fingerprint density at radius 2 is 2.15 bits per heavy atom. The van der Waals surface area contributed by atoms with E-state index in [9.17, 15) is 4.79 Å². The van der Waals surface area contributed by atoms with E-state index in [1.54, 1.807) is 17.8 Å². The quantitative estimate of drug-likeness (QED) is 0.858. The Balaban J connectivity index is 2.09. The summed E-state index contributed by atoms with van der Waals surface area (Å²) in [6.45, 7) is 4.18. The van der Waals surface area contributed by atoms with E-state index in [1.165, 1.54) is 0 Å². The molecule has 106 valence electrons. The van der Waals surface area contributed by atoms with Gasteiger partial charge in [0.2, 0.25) is 5.91 Å². The van der Waals surface area contributed by atoms with Gasteiger partial charge in [-0.3, -0.25) is 4.79 Å². The average molecular weight is 290 g/mol. The maximum absolute atomic E-state index is 11.1. The highest BCUT2D eigenvalue weighted by molar-refractivity contribution is 7.98. The largest absolute Gasteiger partial charge is 0.366 e. The van der Waals surface area contributed by atoms with Crippen LogP contribution in [-0.4, -0.2) is 20.7 Å². The van der Waals surface area contributed by atoms with E-state index < -0.39 is 5.91 Å². The number of nitrogens with two attached hydrogens (primary N) is 1. The van der Waals surface area contributed by atoms with Crippen molar-refractivity contribution < 1.29 is 4.79 Å². The van der Waals surface area contributed by atoms with Crippen LogP contribution in [-0.2, 0) is 12.8 Å². The number of hydrogen-bond acceptors (Lipinski definition) is 4. The molecule has 0 aliphatic rings. The number of benzene rings is 1. The fourth-order valence-electron chi connectivity index (χ4n) is 1.92. The van der Waals surface area contributed by atoms with Gasteiger partial charge < -0.3 is 10.3 Å². The fraction of sp³-hybridized carbons (Fsp3) is 0.357. The third-order valence-corrected chi connectivity index (χ3v) is 4.06. The lowest BCUT2D eigenvalue weighted by Crippen LogP contribution is -2.10. The molecule has 0 atom stereocenters. The van der Waals surface area contributed by atoms with E-state index in [-0.39, 0.29) is 0 Å². The van der Waals surface area contributed by atoms with E-state index in [0.29, 0.717) is 11.5 Å². The zero-order valence-electron chi connectivity index (χ0n) is 11.8. The number of aromatic nitrogens is 3. The summed E-state index contributed by atoms with van der Waals surface area (Å²) >= 11 is 1.60. The van der Waals surface area contributed by atoms with E-state index >= 15 is 0 Å². The van der Waals surface area contributed by atoms with Crippen molar-refractivity contribution in [1.29, 1.82) is 0 Å². The van der Waals surface area contributed by atoms with E-state index in [4.69, 9.17) is 5.73 Å². The van der Waals surface area contributed by atoms with Crippen molar-refractivity contribution in [3.63, 3.8) is 0 Å². The highest BCUT2D eigenvalue weighted by Gasteiger charge is 2.12.